The fraction of sp³-hybridized carbons (Fsp3) is 0. The Labute approximate surface area is 130 Å². The van der Waals surface area contributed by atoms with Crippen molar-refractivity contribution >= 4 is 33.3 Å². The van der Waals surface area contributed by atoms with Crippen molar-refractivity contribution in [3.63, 3.8) is 0 Å². The zero-order chi connectivity index (χ0) is 15.1. The molecular weight excluding hydrogens is 298 g/mol. The van der Waals surface area contributed by atoms with Gasteiger partial charge in [0.15, 0.2) is 0 Å². The van der Waals surface area contributed by atoms with Gasteiger partial charge in [-0.15, -0.1) is 0 Å². The molecule has 4 aromatic rings. The standard InChI is InChI=1S/C18H10ClNO2/c19-17-16-13(10-14(20-17)11-6-2-1-3-7-11)12-8-4-5-9-15(12)22-18(16)21/h1-10H. The Morgan fingerprint density at radius 3 is 2.45 bits per heavy atom. The normalized spacial score (nSPS) is 11.1. The Bertz CT molecular complexity index is 1060. The average Bonchev–Trinajstić information content (AvgIpc) is 2.55. The molecule has 0 fully saturated rings. The SMILES string of the molecule is O=c1oc2ccccc2c2cc(-c3ccccc3)nc(Cl)c12. The van der Waals surface area contributed by atoms with Crippen molar-refractivity contribution in [3.8, 4) is 11.3 Å². The Balaban J connectivity index is 2.17. The van der Waals surface area contributed by atoms with Crippen molar-refractivity contribution in [2.24, 2.45) is 0 Å². The van der Waals surface area contributed by atoms with E-state index >= 15 is 0 Å². The third-order valence-electron chi connectivity index (χ3n) is 3.63. The third kappa shape index (κ3) is 1.98. The van der Waals surface area contributed by atoms with Crippen LogP contribution in [0.25, 0.3) is 33.0 Å². The molecule has 2 aromatic carbocycles. The van der Waals surface area contributed by atoms with E-state index in [9.17, 15) is 4.79 Å². The number of fused-ring (bicyclic) bond motifs is 3. The van der Waals surface area contributed by atoms with Gasteiger partial charge >= 0.3 is 5.63 Å². The number of benzene rings is 2. The number of halogens is 1. The number of nitrogens with zero attached hydrogens (tertiary/aromatic N) is 1. The second-order valence-electron chi connectivity index (χ2n) is 4.97. The smallest absolute Gasteiger partial charge is 0.347 e. The molecular formula is C18H10ClNO2. The number of para-hydroxylation sites is 1. The first kappa shape index (κ1) is 13.0. The van der Waals surface area contributed by atoms with Crippen LogP contribution in [0.1, 0.15) is 0 Å². The van der Waals surface area contributed by atoms with Crippen molar-refractivity contribution in [3.05, 3.63) is 76.2 Å². The molecule has 0 atom stereocenters. The highest BCUT2D eigenvalue weighted by molar-refractivity contribution is 6.35. The van der Waals surface area contributed by atoms with Crippen LogP contribution in [-0.4, -0.2) is 4.98 Å². The van der Waals surface area contributed by atoms with Crippen molar-refractivity contribution in [1.29, 1.82) is 0 Å². The van der Waals surface area contributed by atoms with Crippen LogP contribution in [0.2, 0.25) is 5.15 Å². The van der Waals surface area contributed by atoms with Crippen LogP contribution >= 0.6 is 11.6 Å². The van der Waals surface area contributed by atoms with E-state index < -0.39 is 5.63 Å². The van der Waals surface area contributed by atoms with Gasteiger partial charge in [-0.05, 0) is 12.1 Å². The van der Waals surface area contributed by atoms with E-state index in [0.29, 0.717) is 11.0 Å². The minimum Gasteiger partial charge on any atom is -0.422 e. The first-order valence-corrected chi connectivity index (χ1v) is 7.19. The second kappa shape index (κ2) is 4.97. The second-order valence-corrected chi connectivity index (χ2v) is 5.33. The van der Waals surface area contributed by atoms with E-state index in [1.54, 1.807) is 6.07 Å². The molecule has 0 radical (unpaired) electrons. The average molecular weight is 308 g/mol. The number of pyridine rings is 1. The molecule has 0 unspecified atom stereocenters. The molecule has 22 heavy (non-hydrogen) atoms. The lowest BCUT2D eigenvalue weighted by Crippen LogP contribution is -2.02. The lowest BCUT2D eigenvalue weighted by atomic mass is 10.1. The molecule has 0 aliphatic heterocycles. The van der Waals surface area contributed by atoms with Crippen molar-refractivity contribution in [2.75, 3.05) is 0 Å². The molecule has 2 aromatic heterocycles. The van der Waals surface area contributed by atoms with Crippen LogP contribution in [0.4, 0.5) is 0 Å². The highest BCUT2D eigenvalue weighted by Gasteiger charge is 2.13. The Morgan fingerprint density at radius 2 is 1.64 bits per heavy atom. The molecule has 0 bridgehead atoms. The topological polar surface area (TPSA) is 43.1 Å². The highest BCUT2D eigenvalue weighted by atomic mass is 35.5. The molecule has 0 aliphatic carbocycles. The van der Waals surface area contributed by atoms with Crippen LogP contribution in [0, 0.1) is 0 Å². The van der Waals surface area contributed by atoms with E-state index in [1.165, 1.54) is 0 Å². The molecule has 106 valence electrons. The molecule has 0 aliphatic rings. The summed E-state index contributed by atoms with van der Waals surface area (Å²) in [5, 5.41) is 2.08. The largest absolute Gasteiger partial charge is 0.422 e. The molecule has 0 saturated heterocycles. The Hall–Kier alpha value is -2.65. The summed E-state index contributed by atoms with van der Waals surface area (Å²) in [7, 11) is 0. The minimum atomic E-state index is -0.467. The summed E-state index contributed by atoms with van der Waals surface area (Å²) >= 11 is 6.25. The predicted molar refractivity (Wildman–Crippen MR) is 88.2 cm³/mol. The first-order valence-electron chi connectivity index (χ1n) is 6.81. The quantitative estimate of drug-likeness (QED) is 0.292. The van der Waals surface area contributed by atoms with Crippen LogP contribution in [0.15, 0.2) is 69.9 Å². The maximum atomic E-state index is 12.2. The lowest BCUT2D eigenvalue weighted by Gasteiger charge is -2.07. The van der Waals surface area contributed by atoms with Crippen molar-refractivity contribution in [1.82, 2.24) is 4.98 Å². The van der Waals surface area contributed by atoms with Gasteiger partial charge in [0.05, 0.1) is 5.69 Å². The van der Waals surface area contributed by atoms with Crippen LogP contribution in [-0.2, 0) is 0 Å². The Kier molecular flexibility index (Phi) is 2.94. The van der Waals surface area contributed by atoms with E-state index in [2.05, 4.69) is 4.98 Å². The first-order chi connectivity index (χ1) is 10.7. The van der Waals surface area contributed by atoms with Gasteiger partial charge in [-0.1, -0.05) is 60.1 Å². The number of hydrogen-bond acceptors (Lipinski definition) is 3. The zero-order valence-electron chi connectivity index (χ0n) is 11.4. The van der Waals surface area contributed by atoms with E-state index in [-0.39, 0.29) is 5.15 Å². The fourth-order valence-electron chi connectivity index (χ4n) is 2.61. The monoisotopic (exact) mass is 307 g/mol. The molecule has 0 spiro atoms. The number of rotatable bonds is 1. The maximum Gasteiger partial charge on any atom is 0.347 e. The summed E-state index contributed by atoms with van der Waals surface area (Å²) in [4.78, 5) is 16.5. The summed E-state index contributed by atoms with van der Waals surface area (Å²) in [6.45, 7) is 0. The zero-order valence-corrected chi connectivity index (χ0v) is 12.2. The van der Waals surface area contributed by atoms with Crippen LogP contribution in [0.3, 0.4) is 0 Å². The summed E-state index contributed by atoms with van der Waals surface area (Å²) < 4.78 is 5.32. The molecule has 4 heteroatoms. The Morgan fingerprint density at radius 1 is 0.909 bits per heavy atom. The third-order valence-corrected chi connectivity index (χ3v) is 3.90. The van der Waals surface area contributed by atoms with E-state index in [0.717, 1.165) is 22.0 Å². The predicted octanol–water partition coefficient (Wildman–Crippen LogP) is 4.66. The summed E-state index contributed by atoms with van der Waals surface area (Å²) in [5.41, 5.74) is 1.75. The van der Waals surface area contributed by atoms with E-state index in [4.69, 9.17) is 16.0 Å². The minimum absolute atomic E-state index is 0.163. The van der Waals surface area contributed by atoms with Crippen molar-refractivity contribution in [2.45, 2.75) is 0 Å². The van der Waals surface area contributed by atoms with Crippen LogP contribution < -0.4 is 5.63 Å². The number of hydrogen-bond donors (Lipinski definition) is 0. The maximum absolute atomic E-state index is 12.2. The fourth-order valence-corrected chi connectivity index (χ4v) is 2.88. The van der Waals surface area contributed by atoms with Gasteiger partial charge in [-0.3, -0.25) is 0 Å². The highest BCUT2D eigenvalue weighted by Crippen LogP contribution is 2.30. The summed E-state index contributed by atoms with van der Waals surface area (Å²) in [6.07, 6.45) is 0. The van der Waals surface area contributed by atoms with Gasteiger partial charge in [0, 0.05) is 16.3 Å². The van der Waals surface area contributed by atoms with Gasteiger partial charge in [0.1, 0.15) is 16.1 Å². The molecule has 3 nitrogen and oxygen atoms in total. The van der Waals surface area contributed by atoms with E-state index in [1.807, 2.05) is 54.6 Å². The summed E-state index contributed by atoms with van der Waals surface area (Å²) in [5.74, 6) is 0. The molecule has 4 rings (SSSR count). The molecule has 0 saturated carbocycles. The van der Waals surface area contributed by atoms with Gasteiger partial charge in [0.2, 0.25) is 0 Å². The summed E-state index contributed by atoms with van der Waals surface area (Å²) in [6, 6.07) is 19.0. The van der Waals surface area contributed by atoms with Gasteiger partial charge in [-0.25, -0.2) is 9.78 Å². The molecule has 0 amide bonds. The van der Waals surface area contributed by atoms with Gasteiger partial charge < -0.3 is 4.42 Å². The molecule has 0 N–H and O–H groups in total. The lowest BCUT2D eigenvalue weighted by molar-refractivity contribution is 0.569. The van der Waals surface area contributed by atoms with Crippen molar-refractivity contribution < 1.29 is 4.42 Å². The van der Waals surface area contributed by atoms with Gasteiger partial charge in [-0.2, -0.15) is 0 Å². The van der Waals surface area contributed by atoms with Gasteiger partial charge in [0.25, 0.3) is 0 Å². The number of aromatic nitrogens is 1. The molecule has 2 heterocycles. The van der Waals surface area contributed by atoms with Crippen LogP contribution in [0.5, 0.6) is 0 Å².